The maximum Gasteiger partial charge on any atom is 0.239 e. The molecule has 0 saturated carbocycles. The Bertz CT molecular complexity index is 642. The second-order valence-corrected chi connectivity index (χ2v) is 8.05. The largest absolute Gasteiger partial charge is 0.362 e. The molecule has 1 fully saturated rings. The third kappa shape index (κ3) is 3.37. The number of nitrogens with one attached hydrogen (secondary N) is 1. The Balaban J connectivity index is 1.61. The molecule has 2 aliphatic rings. The van der Waals surface area contributed by atoms with Gasteiger partial charge in [-0.05, 0) is 30.9 Å². The third-order valence-corrected chi connectivity index (χ3v) is 5.91. The normalized spacial score (nSPS) is 23.6. The Labute approximate surface area is 125 Å². The molecule has 2 aliphatic heterocycles. The first kappa shape index (κ1) is 14.4. The van der Waals surface area contributed by atoms with Crippen LogP contribution >= 0.6 is 0 Å². The van der Waals surface area contributed by atoms with E-state index in [1.807, 2.05) is 18.2 Å². The lowest BCUT2D eigenvalue weighted by Crippen LogP contribution is -2.44. The standard InChI is InChI=1S/C15H20N2O3S/c18-15(16-13-7-9-21(19,20)11-13)10-17-8-3-5-12-4-1-2-6-14(12)17/h1-2,4,6,13H,3,5,7-11H2,(H,16,18). The van der Waals surface area contributed by atoms with Crippen molar-refractivity contribution in [1.82, 2.24) is 5.32 Å². The highest BCUT2D eigenvalue weighted by Crippen LogP contribution is 2.26. The quantitative estimate of drug-likeness (QED) is 0.894. The van der Waals surface area contributed by atoms with Gasteiger partial charge in [-0.3, -0.25) is 4.79 Å². The number of hydrogen-bond acceptors (Lipinski definition) is 4. The number of hydrogen-bond donors (Lipinski definition) is 1. The van der Waals surface area contributed by atoms with Crippen molar-refractivity contribution in [2.24, 2.45) is 0 Å². The summed E-state index contributed by atoms with van der Waals surface area (Å²) in [4.78, 5) is 14.2. The van der Waals surface area contributed by atoms with E-state index in [9.17, 15) is 13.2 Å². The van der Waals surface area contributed by atoms with Crippen LogP contribution in [0.15, 0.2) is 24.3 Å². The summed E-state index contributed by atoms with van der Waals surface area (Å²) in [5.74, 6) is 0.175. The van der Waals surface area contributed by atoms with Gasteiger partial charge in [0.2, 0.25) is 5.91 Å². The molecule has 1 unspecified atom stereocenters. The van der Waals surface area contributed by atoms with Gasteiger partial charge < -0.3 is 10.2 Å². The van der Waals surface area contributed by atoms with E-state index in [0.717, 1.165) is 25.1 Å². The molecule has 21 heavy (non-hydrogen) atoms. The zero-order chi connectivity index (χ0) is 14.9. The van der Waals surface area contributed by atoms with E-state index >= 15 is 0 Å². The lowest BCUT2D eigenvalue weighted by atomic mass is 10.0. The van der Waals surface area contributed by atoms with Crippen LogP contribution < -0.4 is 10.2 Å². The highest BCUT2D eigenvalue weighted by atomic mass is 32.2. The van der Waals surface area contributed by atoms with Crippen molar-refractivity contribution in [2.75, 3.05) is 29.5 Å². The number of benzene rings is 1. The van der Waals surface area contributed by atoms with Crippen LogP contribution in [-0.2, 0) is 21.1 Å². The fourth-order valence-corrected chi connectivity index (χ4v) is 4.80. The Morgan fingerprint density at radius 2 is 2.14 bits per heavy atom. The number of fused-ring (bicyclic) bond motifs is 1. The minimum absolute atomic E-state index is 0.0787. The van der Waals surface area contributed by atoms with Gasteiger partial charge >= 0.3 is 0 Å². The van der Waals surface area contributed by atoms with Gasteiger partial charge in [0.25, 0.3) is 0 Å². The second kappa shape index (κ2) is 5.67. The molecule has 0 spiro atoms. The lowest BCUT2D eigenvalue weighted by molar-refractivity contribution is -0.120. The van der Waals surface area contributed by atoms with Gasteiger partial charge in [0, 0.05) is 18.3 Å². The van der Waals surface area contributed by atoms with Crippen LogP contribution in [0.4, 0.5) is 5.69 Å². The van der Waals surface area contributed by atoms with Crippen molar-refractivity contribution in [3.05, 3.63) is 29.8 Å². The summed E-state index contributed by atoms with van der Waals surface area (Å²) in [5, 5.41) is 2.85. The molecule has 0 bridgehead atoms. The molecular weight excluding hydrogens is 288 g/mol. The number of sulfone groups is 1. The molecule has 1 aromatic carbocycles. The Morgan fingerprint density at radius 1 is 1.33 bits per heavy atom. The first-order valence-corrected chi connectivity index (χ1v) is 9.18. The molecule has 5 nitrogen and oxygen atoms in total. The van der Waals surface area contributed by atoms with E-state index in [2.05, 4.69) is 16.3 Å². The molecule has 1 saturated heterocycles. The Hall–Kier alpha value is -1.56. The number of amides is 1. The number of rotatable bonds is 3. The lowest BCUT2D eigenvalue weighted by Gasteiger charge is -2.31. The number of carbonyl (C=O) groups is 1. The monoisotopic (exact) mass is 308 g/mol. The average Bonchev–Trinajstić information content (AvgIpc) is 2.78. The summed E-state index contributed by atoms with van der Waals surface area (Å²) in [6, 6.07) is 7.93. The fraction of sp³-hybridized carbons (Fsp3) is 0.533. The molecule has 1 N–H and O–H groups in total. The number of carbonyl (C=O) groups excluding carboxylic acids is 1. The molecule has 3 rings (SSSR count). The van der Waals surface area contributed by atoms with Gasteiger partial charge in [-0.1, -0.05) is 18.2 Å². The highest BCUT2D eigenvalue weighted by Gasteiger charge is 2.29. The van der Waals surface area contributed by atoms with Crippen molar-refractivity contribution >= 4 is 21.4 Å². The van der Waals surface area contributed by atoms with Crippen LogP contribution in [0.2, 0.25) is 0 Å². The van der Waals surface area contributed by atoms with Crippen molar-refractivity contribution in [3.63, 3.8) is 0 Å². The summed E-state index contributed by atoms with van der Waals surface area (Å²) >= 11 is 0. The minimum atomic E-state index is -2.95. The predicted molar refractivity (Wildman–Crippen MR) is 82.2 cm³/mol. The smallest absolute Gasteiger partial charge is 0.239 e. The SMILES string of the molecule is O=C(CN1CCCc2ccccc21)NC1CCS(=O)(=O)C1. The van der Waals surface area contributed by atoms with Gasteiger partial charge in [-0.2, -0.15) is 0 Å². The van der Waals surface area contributed by atoms with Crippen LogP contribution in [0.3, 0.4) is 0 Å². The highest BCUT2D eigenvalue weighted by molar-refractivity contribution is 7.91. The van der Waals surface area contributed by atoms with E-state index in [-0.39, 0.29) is 23.5 Å². The van der Waals surface area contributed by atoms with Gasteiger partial charge in [0.15, 0.2) is 9.84 Å². The van der Waals surface area contributed by atoms with Crippen LogP contribution in [0.5, 0.6) is 0 Å². The van der Waals surface area contributed by atoms with Gasteiger partial charge in [0.1, 0.15) is 0 Å². The van der Waals surface area contributed by atoms with Crippen LogP contribution in [0.25, 0.3) is 0 Å². The van der Waals surface area contributed by atoms with E-state index in [4.69, 9.17) is 0 Å². The summed E-state index contributed by atoms with van der Waals surface area (Å²) in [7, 11) is -2.95. The maximum absolute atomic E-state index is 12.1. The summed E-state index contributed by atoms with van der Waals surface area (Å²) in [6.45, 7) is 1.17. The topological polar surface area (TPSA) is 66.5 Å². The van der Waals surface area contributed by atoms with Crippen molar-refractivity contribution in [1.29, 1.82) is 0 Å². The van der Waals surface area contributed by atoms with Crippen molar-refractivity contribution in [2.45, 2.75) is 25.3 Å². The average molecular weight is 308 g/mol. The van der Waals surface area contributed by atoms with E-state index in [1.165, 1.54) is 5.56 Å². The van der Waals surface area contributed by atoms with Crippen LogP contribution in [0, 0.1) is 0 Å². The number of aryl methyl sites for hydroxylation is 1. The summed E-state index contributed by atoms with van der Waals surface area (Å²) in [6.07, 6.45) is 2.63. The van der Waals surface area contributed by atoms with Crippen LogP contribution in [-0.4, -0.2) is 45.0 Å². The van der Waals surface area contributed by atoms with Crippen molar-refractivity contribution < 1.29 is 13.2 Å². The van der Waals surface area contributed by atoms with Gasteiger partial charge in [-0.25, -0.2) is 8.42 Å². The minimum Gasteiger partial charge on any atom is -0.362 e. The third-order valence-electron chi connectivity index (χ3n) is 4.14. The van der Waals surface area contributed by atoms with Gasteiger partial charge in [0.05, 0.1) is 18.1 Å². The van der Waals surface area contributed by atoms with Gasteiger partial charge in [-0.15, -0.1) is 0 Å². The molecule has 0 aromatic heterocycles. The van der Waals surface area contributed by atoms with E-state index < -0.39 is 9.84 Å². The van der Waals surface area contributed by atoms with E-state index in [1.54, 1.807) is 0 Å². The summed E-state index contributed by atoms with van der Waals surface area (Å²) < 4.78 is 22.8. The molecule has 114 valence electrons. The molecule has 6 heteroatoms. The zero-order valence-corrected chi connectivity index (χ0v) is 12.7. The molecule has 0 radical (unpaired) electrons. The number of nitrogens with zero attached hydrogens (tertiary/aromatic N) is 1. The first-order valence-electron chi connectivity index (χ1n) is 7.36. The molecule has 1 amide bonds. The Kier molecular flexibility index (Phi) is 3.89. The first-order chi connectivity index (χ1) is 10.0. The molecular formula is C15H20N2O3S. The van der Waals surface area contributed by atoms with E-state index in [0.29, 0.717) is 13.0 Å². The summed E-state index contributed by atoms with van der Waals surface area (Å²) in [5.41, 5.74) is 2.40. The maximum atomic E-state index is 12.1. The molecule has 0 aliphatic carbocycles. The Morgan fingerprint density at radius 3 is 2.90 bits per heavy atom. The number of anilines is 1. The van der Waals surface area contributed by atoms with Crippen molar-refractivity contribution in [3.8, 4) is 0 Å². The second-order valence-electron chi connectivity index (χ2n) is 5.82. The zero-order valence-electron chi connectivity index (χ0n) is 11.9. The number of para-hydroxylation sites is 1. The predicted octanol–water partition coefficient (Wildman–Crippen LogP) is 0.742. The molecule has 1 aromatic rings. The molecule has 1 atom stereocenters. The molecule has 2 heterocycles. The van der Waals surface area contributed by atoms with Crippen LogP contribution in [0.1, 0.15) is 18.4 Å². The fourth-order valence-electron chi connectivity index (χ4n) is 3.13.